The molecule has 0 aliphatic heterocycles. The summed E-state index contributed by atoms with van der Waals surface area (Å²) >= 11 is 0. The van der Waals surface area contributed by atoms with Crippen molar-refractivity contribution in [2.24, 2.45) is 0 Å². The van der Waals surface area contributed by atoms with Crippen molar-refractivity contribution >= 4 is 15.9 Å². The highest BCUT2D eigenvalue weighted by molar-refractivity contribution is 7.90. The second-order valence-electron chi connectivity index (χ2n) is 5.27. The number of rotatable bonds is 5. The van der Waals surface area contributed by atoms with E-state index in [4.69, 9.17) is 5.26 Å². The topological polar surface area (TPSA) is 87.0 Å². The van der Waals surface area contributed by atoms with Crippen molar-refractivity contribution in [1.82, 2.24) is 4.72 Å². The monoisotopic (exact) mass is 346 g/mol. The number of benzene rings is 2. The van der Waals surface area contributed by atoms with Gasteiger partial charge in [0.15, 0.2) is 0 Å². The summed E-state index contributed by atoms with van der Waals surface area (Å²) in [6.07, 6.45) is -0.0648. The Morgan fingerprint density at radius 3 is 2.50 bits per heavy atom. The molecule has 0 aliphatic rings. The van der Waals surface area contributed by atoms with E-state index in [2.05, 4.69) is 0 Å². The Bertz CT molecular complexity index is 897. The maximum atomic E-state index is 13.4. The van der Waals surface area contributed by atoms with Crippen molar-refractivity contribution in [2.75, 3.05) is 0 Å². The summed E-state index contributed by atoms with van der Waals surface area (Å²) in [5.74, 6) is -1.44. The average Bonchev–Trinajstić information content (AvgIpc) is 2.48. The molecule has 0 radical (unpaired) electrons. The number of amides is 1. The van der Waals surface area contributed by atoms with E-state index in [0.717, 1.165) is 6.07 Å². The molecule has 1 amide bonds. The standard InChI is InChI=1S/C17H15FN2O3S/c1-12-8-15(18)11-16(9-12)24(22,23)20-17(21)10-14-5-3-2-4-13(14)6-7-19/h2-5,8-9,11H,6,10H2,1H3,(H,20,21). The van der Waals surface area contributed by atoms with Crippen LogP contribution in [0.25, 0.3) is 0 Å². The van der Waals surface area contributed by atoms with Crippen LogP contribution >= 0.6 is 0 Å². The van der Waals surface area contributed by atoms with Gasteiger partial charge in [-0.05, 0) is 41.8 Å². The van der Waals surface area contributed by atoms with E-state index < -0.39 is 21.7 Å². The molecule has 2 rings (SSSR count). The Kier molecular flexibility index (Phi) is 5.31. The van der Waals surface area contributed by atoms with Gasteiger partial charge in [0.05, 0.1) is 23.8 Å². The molecule has 2 aromatic rings. The fraction of sp³-hybridized carbons (Fsp3) is 0.176. The quantitative estimate of drug-likeness (QED) is 0.899. The van der Waals surface area contributed by atoms with Gasteiger partial charge >= 0.3 is 0 Å². The molecule has 0 saturated carbocycles. The fourth-order valence-electron chi connectivity index (χ4n) is 2.26. The molecule has 5 nitrogen and oxygen atoms in total. The first-order chi connectivity index (χ1) is 11.3. The SMILES string of the molecule is Cc1cc(F)cc(S(=O)(=O)NC(=O)Cc2ccccc2CC#N)c1. The third kappa shape index (κ3) is 4.40. The van der Waals surface area contributed by atoms with Gasteiger partial charge in [-0.2, -0.15) is 5.26 Å². The summed E-state index contributed by atoms with van der Waals surface area (Å²) in [5.41, 5.74) is 1.67. The van der Waals surface area contributed by atoms with Crippen LogP contribution in [0.2, 0.25) is 0 Å². The van der Waals surface area contributed by atoms with Crippen molar-refractivity contribution in [2.45, 2.75) is 24.7 Å². The molecule has 124 valence electrons. The molecule has 0 fully saturated rings. The molecule has 0 unspecified atom stereocenters. The minimum atomic E-state index is -4.15. The second kappa shape index (κ2) is 7.23. The zero-order chi connectivity index (χ0) is 17.7. The average molecular weight is 346 g/mol. The molecule has 24 heavy (non-hydrogen) atoms. The molecular weight excluding hydrogens is 331 g/mol. The van der Waals surface area contributed by atoms with Crippen molar-refractivity contribution in [3.8, 4) is 6.07 Å². The lowest BCUT2D eigenvalue weighted by atomic mass is 10.0. The van der Waals surface area contributed by atoms with Gasteiger partial charge in [0.1, 0.15) is 5.82 Å². The van der Waals surface area contributed by atoms with E-state index in [1.807, 2.05) is 10.8 Å². The molecule has 2 aromatic carbocycles. The number of halogens is 1. The molecule has 0 aromatic heterocycles. The summed E-state index contributed by atoms with van der Waals surface area (Å²) in [5, 5.41) is 8.78. The Morgan fingerprint density at radius 1 is 1.21 bits per heavy atom. The highest BCUT2D eigenvalue weighted by Crippen LogP contribution is 2.15. The van der Waals surface area contributed by atoms with E-state index in [1.165, 1.54) is 12.1 Å². The van der Waals surface area contributed by atoms with Crippen LogP contribution in [0.1, 0.15) is 16.7 Å². The molecule has 0 atom stereocenters. The summed E-state index contributed by atoms with van der Waals surface area (Å²) in [6.45, 7) is 1.56. The van der Waals surface area contributed by atoms with Gasteiger partial charge in [0, 0.05) is 0 Å². The third-order valence-electron chi connectivity index (χ3n) is 3.31. The van der Waals surface area contributed by atoms with Crippen LogP contribution in [-0.2, 0) is 27.7 Å². The molecule has 7 heteroatoms. The summed E-state index contributed by atoms with van der Waals surface area (Å²) in [6, 6.07) is 12.1. The number of hydrogen-bond donors (Lipinski definition) is 1. The predicted molar refractivity (Wildman–Crippen MR) is 85.9 cm³/mol. The molecule has 0 aliphatic carbocycles. The molecule has 0 bridgehead atoms. The Hall–Kier alpha value is -2.72. The maximum absolute atomic E-state index is 13.4. The first kappa shape index (κ1) is 17.6. The van der Waals surface area contributed by atoms with E-state index in [0.29, 0.717) is 16.7 Å². The first-order valence-corrected chi connectivity index (χ1v) is 8.57. The van der Waals surface area contributed by atoms with Gasteiger partial charge in [-0.3, -0.25) is 4.79 Å². The number of nitrogens with zero attached hydrogens (tertiary/aromatic N) is 1. The van der Waals surface area contributed by atoms with Gasteiger partial charge in [-0.15, -0.1) is 0 Å². The van der Waals surface area contributed by atoms with Crippen LogP contribution in [0.5, 0.6) is 0 Å². The van der Waals surface area contributed by atoms with Gasteiger partial charge < -0.3 is 0 Å². The fourth-order valence-corrected chi connectivity index (χ4v) is 3.36. The third-order valence-corrected chi connectivity index (χ3v) is 4.67. The smallest absolute Gasteiger partial charge is 0.264 e. The minimum absolute atomic E-state index is 0.124. The Morgan fingerprint density at radius 2 is 1.88 bits per heavy atom. The number of nitrogens with one attached hydrogen (secondary N) is 1. The van der Waals surface area contributed by atoms with E-state index in [-0.39, 0.29) is 17.7 Å². The summed E-state index contributed by atoms with van der Waals surface area (Å²) in [7, 11) is -4.15. The number of carbonyl (C=O) groups excluding carboxylic acids is 1. The lowest BCUT2D eigenvalue weighted by molar-refractivity contribution is -0.118. The van der Waals surface area contributed by atoms with Crippen LogP contribution in [0.4, 0.5) is 4.39 Å². The second-order valence-corrected chi connectivity index (χ2v) is 6.96. The summed E-state index contributed by atoms with van der Waals surface area (Å²) < 4.78 is 39.7. The van der Waals surface area contributed by atoms with Crippen LogP contribution in [0.3, 0.4) is 0 Å². The van der Waals surface area contributed by atoms with Gasteiger partial charge in [-0.25, -0.2) is 17.5 Å². The highest BCUT2D eigenvalue weighted by Gasteiger charge is 2.19. The Balaban J connectivity index is 2.19. The number of hydrogen-bond acceptors (Lipinski definition) is 4. The normalized spacial score (nSPS) is 10.9. The summed E-state index contributed by atoms with van der Waals surface area (Å²) in [4.78, 5) is 11.8. The van der Waals surface area contributed by atoms with Crippen molar-refractivity contribution < 1.29 is 17.6 Å². The Labute approximate surface area is 139 Å². The molecule has 0 spiro atoms. The van der Waals surface area contributed by atoms with E-state index in [1.54, 1.807) is 31.2 Å². The minimum Gasteiger partial charge on any atom is -0.274 e. The van der Waals surface area contributed by atoms with Crippen LogP contribution in [0.15, 0.2) is 47.4 Å². The number of sulfonamides is 1. The largest absolute Gasteiger partial charge is 0.274 e. The molecule has 1 N–H and O–H groups in total. The van der Waals surface area contributed by atoms with E-state index in [9.17, 15) is 17.6 Å². The zero-order valence-electron chi connectivity index (χ0n) is 12.9. The van der Waals surface area contributed by atoms with Crippen molar-refractivity contribution in [3.05, 3.63) is 65.0 Å². The molecular formula is C17H15FN2O3S. The predicted octanol–water partition coefficient (Wildman–Crippen LogP) is 2.25. The number of carbonyl (C=O) groups is 1. The zero-order valence-corrected chi connectivity index (χ0v) is 13.7. The van der Waals surface area contributed by atoms with Crippen LogP contribution in [-0.4, -0.2) is 14.3 Å². The lowest BCUT2D eigenvalue weighted by Gasteiger charge is -2.09. The van der Waals surface area contributed by atoms with Gasteiger partial charge in [0.25, 0.3) is 10.0 Å². The van der Waals surface area contributed by atoms with Crippen LogP contribution < -0.4 is 4.72 Å². The van der Waals surface area contributed by atoms with Gasteiger partial charge in [0.2, 0.25) is 5.91 Å². The number of aryl methyl sites for hydroxylation is 1. The first-order valence-electron chi connectivity index (χ1n) is 7.08. The maximum Gasteiger partial charge on any atom is 0.264 e. The number of nitriles is 1. The highest BCUT2D eigenvalue weighted by atomic mass is 32.2. The van der Waals surface area contributed by atoms with E-state index >= 15 is 0 Å². The van der Waals surface area contributed by atoms with Gasteiger partial charge in [-0.1, -0.05) is 24.3 Å². The molecule has 0 heterocycles. The molecule has 0 saturated heterocycles. The van der Waals surface area contributed by atoms with Crippen molar-refractivity contribution in [3.63, 3.8) is 0 Å². The van der Waals surface area contributed by atoms with Crippen LogP contribution in [0, 0.1) is 24.1 Å². The lowest BCUT2D eigenvalue weighted by Crippen LogP contribution is -2.32. The van der Waals surface area contributed by atoms with Crippen molar-refractivity contribution in [1.29, 1.82) is 5.26 Å².